The van der Waals surface area contributed by atoms with Gasteiger partial charge in [0.05, 0.1) is 16.3 Å². The normalized spacial score (nSPS) is 18.2. The summed E-state index contributed by atoms with van der Waals surface area (Å²) in [5.74, 6) is 0.194. The molecule has 1 atom stereocenters. The summed E-state index contributed by atoms with van der Waals surface area (Å²) >= 11 is 1.82. The summed E-state index contributed by atoms with van der Waals surface area (Å²) in [7, 11) is 0. The molecule has 0 spiro atoms. The van der Waals surface area contributed by atoms with E-state index >= 15 is 0 Å². The number of carboxylic acids is 1. The Morgan fingerprint density at radius 1 is 1.44 bits per heavy atom. The standard InChI is InChI=1S/C19H24N2O3S/c1-13-14(2)25-18(20-13)16-6-4-8-21(12-16)9-10-24-17-7-3-5-15(11-17)19(22)23/h3,5,7,11,16H,4,6,8-10,12H2,1-2H3,(H,22,23). The zero-order valence-corrected chi connectivity index (χ0v) is 15.5. The Morgan fingerprint density at radius 2 is 2.28 bits per heavy atom. The second-order valence-corrected chi connectivity index (χ2v) is 7.75. The van der Waals surface area contributed by atoms with E-state index in [1.807, 2.05) is 11.3 Å². The summed E-state index contributed by atoms with van der Waals surface area (Å²) in [5, 5.41) is 10.3. The molecule has 1 aromatic carbocycles. The number of likely N-dealkylation sites (tertiary alicyclic amines) is 1. The van der Waals surface area contributed by atoms with Crippen LogP contribution in [0.25, 0.3) is 0 Å². The van der Waals surface area contributed by atoms with Gasteiger partial charge in [-0.3, -0.25) is 4.90 Å². The van der Waals surface area contributed by atoms with E-state index in [0.717, 1.165) is 25.3 Å². The summed E-state index contributed by atoms with van der Waals surface area (Å²) in [6, 6.07) is 6.65. The number of nitrogens with zero attached hydrogens (tertiary/aromatic N) is 2. The number of aryl methyl sites for hydroxylation is 2. The highest BCUT2D eigenvalue weighted by Gasteiger charge is 2.24. The molecule has 0 bridgehead atoms. The number of aromatic carboxylic acids is 1. The number of carboxylic acid groups (broad SMARTS) is 1. The summed E-state index contributed by atoms with van der Waals surface area (Å²) in [6.45, 7) is 7.72. The lowest BCUT2D eigenvalue weighted by Crippen LogP contribution is -2.37. The first-order valence-electron chi connectivity index (χ1n) is 8.65. The lowest BCUT2D eigenvalue weighted by molar-refractivity contribution is 0.0696. The number of rotatable bonds is 6. The zero-order chi connectivity index (χ0) is 17.8. The molecule has 25 heavy (non-hydrogen) atoms. The molecule has 0 radical (unpaired) electrons. The number of benzene rings is 1. The lowest BCUT2D eigenvalue weighted by Gasteiger charge is -2.31. The van der Waals surface area contributed by atoms with E-state index in [0.29, 0.717) is 18.3 Å². The summed E-state index contributed by atoms with van der Waals surface area (Å²) in [4.78, 5) is 19.5. The van der Waals surface area contributed by atoms with Gasteiger partial charge in [-0.15, -0.1) is 11.3 Å². The molecule has 1 saturated heterocycles. The van der Waals surface area contributed by atoms with E-state index in [1.54, 1.807) is 24.3 Å². The number of ether oxygens (including phenoxy) is 1. The minimum absolute atomic E-state index is 0.255. The Labute approximate surface area is 152 Å². The van der Waals surface area contributed by atoms with Gasteiger partial charge in [-0.25, -0.2) is 9.78 Å². The van der Waals surface area contributed by atoms with Crippen molar-refractivity contribution >= 4 is 17.3 Å². The predicted octanol–water partition coefficient (Wildman–Crippen LogP) is 3.72. The summed E-state index contributed by atoms with van der Waals surface area (Å²) in [5.41, 5.74) is 1.41. The molecule has 1 aromatic heterocycles. The highest BCUT2D eigenvalue weighted by molar-refractivity contribution is 7.11. The topological polar surface area (TPSA) is 62.7 Å². The van der Waals surface area contributed by atoms with Gasteiger partial charge in [0, 0.05) is 23.9 Å². The van der Waals surface area contributed by atoms with Crippen molar-refractivity contribution < 1.29 is 14.6 Å². The molecule has 6 heteroatoms. The fourth-order valence-corrected chi connectivity index (χ4v) is 4.19. The van der Waals surface area contributed by atoms with Gasteiger partial charge in [-0.1, -0.05) is 6.07 Å². The fourth-order valence-electron chi connectivity index (χ4n) is 3.14. The van der Waals surface area contributed by atoms with Crippen LogP contribution in [-0.2, 0) is 0 Å². The first-order valence-corrected chi connectivity index (χ1v) is 9.47. The Kier molecular flexibility index (Phi) is 5.71. The lowest BCUT2D eigenvalue weighted by atomic mass is 9.99. The molecule has 2 aromatic rings. The summed E-state index contributed by atoms with van der Waals surface area (Å²) in [6.07, 6.45) is 2.38. The number of carbonyl (C=O) groups is 1. The third-order valence-electron chi connectivity index (χ3n) is 4.66. The van der Waals surface area contributed by atoms with Crippen molar-refractivity contribution in [1.29, 1.82) is 0 Å². The molecule has 0 saturated carbocycles. The Balaban J connectivity index is 1.51. The fraction of sp³-hybridized carbons (Fsp3) is 0.474. The van der Waals surface area contributed by atoms with Gasteiger partial charge in [0.25, 0.3) is 0 Å². The molecule has 1 aliphatic rings. The van der Waals surface area contributed by atoms with E-state index in [-0.39, 0.29) is 5.56 Å². The highest BCUT2D eigenvalue weighted by Crippen LogP contribution is 2.31. The van der Waals surface area contributed by atoms with Crippen molar-refractivity contribution in [1.82, 2.24) is 9.88 Å². The van der Waals surface area contributed by atoms with E-state index < -0.39 is 5.97 Å². The largest absolute Gasteiger partial charge is 0.492 e. The first kappa shape index (κ1) is 17.9. The minimum Gasteiger partial charge on any atom is -0.492 e. The van der Waals surface area contributed by atoms with Crippen LogP contribution in [-0.4, -0.2) is 47.2 Å². The number of hydrogen-bond acceptors (Lipinski definition) is 5. The Hall–Kier alpha value is -1.92. The van der Waals surface area contributed by atoms with Crippen LogP contribution < -0.4 is 4.74 Å². The minimum atomic E-state index is -0.932. The number of thiazole rings is 1. The third-order valence-corrected chi connectivity index (χ3v) is 5.89. The van der Waals surface area contributed by atoms with Crippen molar-refractivity contribution in [2.24, 2.45) is 0 Å². The predicted molar refractivity (Wildman–Crippen MR) is 98.9 cm³/mol. The average molecular weight is 360 g/mol. The van der Waals surface area contributed by atoms with E-state index in [9.17, 15) is 4.79 Å². The Bertz CT molecular complexity index is 725. The molecule has 3 rings (SSSR count). The molecular formula is C19H24N2O3S. The summed E-state index contributed by atoms with van der Waals surface area (Å²) < 4.78 is 5.75. The second kappa shape index (κ2) is 7.97. The van der Waals surface area contributed by atoms with Gasteiger partial charge in [0.1, 0.15) is 12.4 Å². The molecule has 1 unspecified atom stereocenters. The molecule has 5 nitrogen and oxygen atoms in total. The Morgan fingerprint density at radius 3 is 3.00 bits per heavy atom. The first-order chi connectivity index (χ1) is 12.0. The quantitative estimate of drug-likeness (QED) is 0.851. The van der Waals surface area contributed by atoms with Crippen molar-refractivity contribution in [3.8, 4) is 5.75 Å². The van der Waals surface area contributed by atoms with Crippen LogP contribution >= 0.6 is 11.3 Å². The highest BCUT2D eigenvalue weighted by atomic mass is 32.1. The smallest absolute Gasteiger partial charge is 0.335 e. The van der Waals surface area contributed by atoms with Gasteiger partial charge in [0.2, 0.25) is 0 Å². The van der Waals surface area contributed by atoms with Crippen LogP contribution in [0.1, 0.15) is 44.7 Å². The van der Waals surface area contributed by atoms with Gasteiger partial charge >= 0.3 is 5.97 Å². The molecule has 0 amide bonds. The maximum absolute atomic E-state index is 11.0. The maximum Gasteiger partial charge on any atom is 0.335 e. The molecule has 0 aliphatic carbocycles. The van der Waals surface area contributed by atoms with E-state index in [4.69, 9.17) is 14.8 Å². The average Bonchev–Trinajstić information content (AvgIpc) is 2.94. The molecular weight excluding hydrogens is 336 g/mol. The number of piperidine rings is 1. The van der Waals surface area contributed by atoms with Gasteiger partial charge in [0.15, 0.2) is 0 Å². The second-order valence-electron chi connectivity index (χ2n) is 6.51. The molecule has 1 aliphatic heterocycles. The zero-order valence-electron chi connectivity index (χ0n) is 14.7. The molecule has 1 N–H and O–H groups in total. The van der Waals surface area contributed by atoms with Crippen LogP contribution in [0.2, 0.25) is 0 Å². The SMILES string of the molecule is Cc1nc(C2CCCN(CCOc3cccc(C(=O)O)c3)C2)sc1C. The third kappa shape index (κ3) is 4.58. The van der Waals surface area contributed by atoms with E-state index in [1.165, 1.54) is 22.7 Å². The van der Waals surface area contributed by atoms with Crippen LogP contribution in [0, 0.1) is 13.8 Å². The van der Waals surface area contributed by atoms with Crippen molar-refractivity contribution in [3.63, 3.8) is 0 Å². The van der Waals surface area contributed by atoms with Crippen molar-refractivity contribution in [3.05, 3.63) is 45.4 Å². The van der Waals surface area contributed by atoms with Gasteiger partial charge < -0.3 is 9.84 Å². The van der Waals surface area contributed by atoms with Crippen LogP contribution in [0.3, 0.4) is 0 Å². The molecule has 2 heterocycles. The van der Waals surface area contributed by atoms with Crippen LogP contribution in [0.5, 0.6) is 5.75 Å². The number of hydrogen-bond donors (Lipinski definition) is 1. The van der Waals surface area contributed by atoms with Crippen molar-refractivity contribution in [2.45, 2.75) is 32.6 Å². The van der Waals surface area contributed by atoms with Crippen LogP contribution in [0.4, 0.5) is 0 Å². The number of aromatic nitrogens is 1. The van der Waals surface area contributed by atoms with Crippen LogP contribution in [0.15, 0.2) is 24.3 Å². The van der Waals surface area contributed by atoms with E-state index in [2.05, 4.69) is 18.7 Å². The van der Waals surface area contributed by atoms with Gasteiger partial charge in [-0.05, 0) is 51.4 Å². The monoisotopic (exact) mass is 360 g/mol. The molecule has 134 valence electrons. The van der Waals surface area contributed by atoms with Gasteiger partial charge in [-0.2, -0.15) is 0 Å². The van der Waals surface area contributed by atoms with Crippen molar-refractivity contribution in [2.75, 3.05) is 26.2 Å². The maximum atomic E-state index is 11.0. The molecule has 1 fully saturated rings.